The number of rotatable bonds is 5. The molecule has 1 aliphatic heterocycles. The van der Waals surface area contributed by atoms with E-state index in [1.807, 2.05) is 31.2 Å². The van der Waals surface area contributed by atoms with Gasteiger partial charge < -0.3 is 10.2 Å². The summed E-state index contributed by atoms with van der Waals surface area (Å²) in [6.07, 6.45) is 2.77. The summed E-state index contributed by atoms with van der Waals surface area (Å²) in [4.78, 5) is 28.8. The normalized spacial score (nSPS) is 14.9. The molecule has 1 aliphatic rings. The van der Waals surface area contributed by atoms with Gasteiger partial charge in [-0.1, -0.05) is 29.8 Å². The summed E-state index contributed by atoms with van der Waals surface area (Å²) in [5, 5.41) is 13.7. The Bertz CT molecular complexity index is 766. The molecular weight excluding hydrogens is 332 g/mol. The number of hydrogen-bond donors (Lipinski definition) is 1. The van der Waals surface area contributed by atoms with Crippen LogP contribution in [0, 0.1) is 23.0 Å². The molecule has 7 nitrogen and oxygen atoms in total. The SMILES string of the molecule is Cc1ccc(CNC(=O)C2CCN(c3ccc([N+](=O)[O-])cn3)CC2)cc1. The van der Waals surface area contributed by atoms with Crippen molar-refractivity contribution >= 4 is 17.4 Å². The predicted octanol–water partition coefficient (Wildman–Crippen LogP) is 2.83. The maximum absolute atomic E-state index is 12.4. The van der Waals surface area contributed by atoms with Gasteiger partial charge in [-0.2, -0.15) is 0 Å². The fourth-order valence-electron chi connectivity index (χ4n) is 3.08. The first-order chi connectivity index (χ1) is 12.5. The molecule has 136 valence electrons. The van der Waals surface area contributed by atoms with Gasteiger partial charge in [0.2, 0.25) is 5.91 Å². The Morgan fingerprint density at radius 2 is 1.92 bits per heavy atom. The first-order valence-electron chi connectivity index (χ1n) is 8.71. The smallest absolute Gasteiger partial charge is 0.287 e. The Hall–Kier alpha value is -2.96. The number of nitrogens with one attached hydrogen (secondary N) is 1. The fraction of sp³-hybridized carbons (Fsp3) is 0.368. The number of benzene rings is 1. The van der Waals surface area contributed by atoms with Crippen LogP contribution in [0.3, 0.4) is 0 Å². The third-order valence-electron chi connectivity index (χ3n) is 4.72. The van der Waals surface area contributed by atoms with E-state index < -0.39 is 4.92 Å². The number of amides is 1. The molecule has 0 radical (unpaired) electrons. The van der Waals surface area contributed by atoms with Crippen LogP contribution < -0.4 is 10.2 Å². The number of nitro groups is 1. The number of nitrogens with zero attached hydrogens (tertiary/aromatic N) is 3. The van der Waals surface area contributed by atoms with Crippen molar-refractivity contribution in [2.24, 2.45) is 5.92 Å². The van der Waals surface area contributed by atoms with Crippen molar-refractivity contribution in [3.05, 3.63) is 63.8 Å². The highest BCUT2D eigenvalue weighted by Gasteiger charge is 2.25. The average Bonchev–Trinajstić information content (AvgIpc) is 2.67. The molecule has 0 spiro atoms. The zero-order chi connectivity index (χ0) is 18.5. The Kier molecular flexibility index (Phi) is 5.46. The van der Waals surface area contributed by atoms with Gasteiger partial charge >= 0.3 is 0 Å². The van der Waals surface area contributed by atoms with Crippen LogP contribution >= 0.6 is 0 Å². The van der Waals surface area contributed by atoms with Crippen molar-refractivity contribution < 1.29 is 9.72 Å². The maximum Gasteiger partial charge on any atom is 0.287 e. The summed E-state index contributed by atoms with van der Waals surface area (Å²) >= 11 is 0. The third kappa shape index (κ3) is 4.36. The summed E-state index contributed by atoms with van der Waals surface area (Å²) in [5.41, 5.74) is 2.28. The van der Waals surface area contributed by atoms with Gasteiger partial charge in [-0.15, -0.1) is 0 Å². The van der Waals surface area contributed by atoms with E-state index >= 15 is 0 Å². The minimum absolute atomic E-state index is 0.00486. The van der Waals surface area contributed by atoms with Gasteiger partial charge in [-0.25, -0.2) is 4.98 Å². The highest BCUT2D eigenvalue weighted by molar-refractivity contribution is 5.79. The van der Waals surface area contributed by atoms with Crippen LogP contribution in [0.2, 0.25) is 0 Å². The van der Waals surface area contributed by atoms with E-state index in [2.05, 4.69) is 15.2 Å². The van der Waals surface area contributed by atoms with Crippen LogP contribution in [-0.4, -0.2) is 28.9 Å². The van der Waals surface area contributed by atoms with Crippen LogP contribution in [-0.2, 0) is 11.3 Å². The van der Waals surface area contributed by atoms with E-state index in [1.165, 1.54) is 17.8 Å². The highest BCUT2D eigenvalue weighted by Crippen LogP contribution is 2.23. The summed E-state index contributed by atoms with van der Waals surface area (Å²) in [6.45, 7) is 4.01. The second-order valence-corrected chi connectivity index (χ2v) is 6.60. The molecule has 0 aliphatic carbocycles. The number of carbonyl (C=O) groups is 1. The monoisotopic (exact) mass is 354 g/mol. The van der Waals surface area contributed by atoms with Crippen molar-refractivity contribution in [2.45, 2.75) is 26.3 Å². The van der Waals surface area contributed by atoms with E-state index in [1.54, 1.807) is 6.07 Å². The highest BCUT2D eigenvalue weighted by atomic mass is 16.6. The molecule has 2 aromatic rings. The van der Waals surface area contributed by atoms with Crippen LogP contribution in [0.15, 0.2) is 42.6 Å². The summed E-state index contributed by atoms with van der Waals surface area (Å²) in [5.74, 6) is 0.797. The Labute approximate surface area is 152 Å². The molecule has 7 heteroatoms. The molecule has 0 saturated carbocycles. The molecular formula is C19H22N4O3. The van der Waals surface area contributed by atoms with Crippen molar-refractivity contribution in [1.82, 2.24) is 10.3 Å². The second-order valence-electron chi connectivity index (χ2n) is 6.60. The lowest BCUT2D eigenvalue weighted by Crippen LogP contribution is -2.40. The van der Waals surface area contributed by atoms with Crippen molar-refractivity contribution in [1.29, 1.82) is 0 Å². The summed E-state index contributed by atoms with van der Waals surface area (Å²) in [6, 6.07) is 11.3. The van der Waals surface area contributed by atoms with Gasteiger partial charge in [0.05, 0.1) is 4.92 Å². The molecule has 0 bridgehead atoms. The number of piperidine rings is 1. The maximum atomic E-state index is 12.4. The minimum Gasteiger partial charge on any atom is -0.357 e. The zero-order valence-corrected chi connectivity index (χ0v) is 14.7. The molecule has 0 atom stereocenters. The molecule has 0 unspecified atom stereocenters. The number of hydrogen-bond acceptors (Lipinski definition) is 5. The number of aromatic nitrogens is 1. The Balaban J connectivity index is 1.48. The molecule has 26 heavy (non-hydrogen) atoms. The van der Waals surface area contributed by atoms with Gasteiger partial charge in [-0.05, 0) is 31.4 Å². The topological polar surface area (TPSA) is 88.4 Å². The molecule has 1 aromatic heterocycles. The van der Waals surface area contributed by atoms with E-state index in [4.69, 9.17) is 0 Å². The van der Waals surface area contributed by atoms with Gasteiger partial charge in [-0.3, -0.25) is 14.9 Å². The van der Waals surface area contributed by atoms with E-state index in [-0.39, 0.29) is 17.5 Å². The molecule has 1 saturated heterocycles. The lowest BCUT2D eigenvalue weighted by molar-refractivity contribution is -0.385. The van der Waals surface area contributed by atoms with E-state index in [0.717, 1.165) is 18.4 Å². The third-order valence-corrected chi connectivity index (χ3v) is 4.72. The van der Waals surface area contributed by atoms with Gasteiger partial charge in [0.25, 0.3) is 5.69 Å². The fourth-order valence-corrected chi connectivity index (χ4v) is 3.08. The second kappa shape index (κ2) is 7.95. The average molecular weight is 354 g/mol. The zero-order valence-electron chi connectivity index (χ0n) is 14.7. The van der Waals surface area contributed by atoms with Crippen LogP contribution in [0.5, 0.6) is 0 Å². The Morgan fingerprint density at radius 1 is 1.23 bits per heavy atom. The molecule has 1 aromatic carbocycles. The number of pyridine rings is 1. The molecule has 1 fully saturated rings. The van der Waals surface area contributed by atoms with E-state index in [0.29, 0.717) is 25.5 Å². The van der Waals surface area contributed by atoms with E-state index in [9.17, 15) is 14.9 Å². The standard InChI is InChI=1S/C19H22N4O3/c1-14-2-4-15(5-3-14)12-21-19(24)16-8-10-22(11-9-16)18-7-6-17(13-20-18)23(25)26/h2-7,13,16H,8-12H2,1H3,(H,21,24). The van der Waals surface area contributed by atoms with Crippen molar-refractivity contribution in [2.75, 3.05) is 18.0 Å². The summed E-state index contributed by atoms with van der Waals surface area (Å²) in [7, 11) is 0. The first-order valence-corrected chi connectivity index (χ1v) is 8.71. The van der Waals surface area contributed by atoms with Gasteiger partial charge in [0.1, 0.15) is 12.0 Å². The molecule has 1 amide bonds. The van der Waals surface area contributed by atoms with Gasteiger partial charge in [0.15, 0.2) is 0 Å². The number of aryl methyl sites for hydroxylation is 1. The lowest BCUT2D eigenvalue weighted by Gasteiger charge is -2.32. The van der Waals surface area contributed by atoms with Crippen molar-refractivity contribution in [3.8, 4) is 0 Å². The summed E-state index contributed by atoms with van der Waals surface area (Å²) < 4.78 is 0. The van der Waals surface area contributed by atoms with Crippen LogP contribution in [0.4, 0.5) is 11.5 Å². The largest absolute Gasteiger partial charge is 0.357 e. The Morgan fingerprint density at radius 3 is 2.50 bits per heavy atom. The van der Waals surface area contributed by atoms with Gasteiger partial charge in [0, 0.05) is 31.6 Å². The van der Waals surface area contributed by atoms with Crippen LogP contribution in [0.1, 0.15) is 24.0 Å². The minimum atomic E-state index is -0.457. The number of carbonyl (C=O) groups excluding carboxylic acids is 1. The molecule has 1 N–H and O–H groups in total. The van der Waals surface area contributed by atoms with Crippen LogP contribution in [0.25, 0.3) is 0 Å². The lowest BCUT2D eigenvalue weighted by atomic mass is 9.95. The first kappa shape index (κ1) is 17.8. The molecule has 2 heterocycles. The number of anilines is 1. The quantitative estimate of drug-likeness (QED) is 0.659. The van der Waals surface area contributed by atoms with Crippen molar-refractivity contribution in [3.63, 3.8) is 0 Å². The molecule has 3 rings (SSSR count). The predicted molar refractivity (Wildman–Crippen MR) is 98.9 cm³/mol.